The second-order valence-electron chi connectivity index (χ2n) is 4.43. The van der Waals surface area contributed by atoms with Gasteiger partial charge < -0.3 is 15.4 Å². The van der Waals surface area contributed by atoms with Crippen LogP contribution in [-0.2, 0) is 0 Å². The molecule has 0 saturated carbocycles. The van der Waals surface area contributed by atoms with Crippen molar-refractivity contribution < 1.29 is 13.5 Å². The molecule has 0 radical (unpaired) electrons. The van der Waals surface area contributed by atoms with Crippen molar-refractivity contribution in [3.63, 3.8) is 0 Å². The minimum atomic E-state index is -2.47. The molecule has 18 heavy (non-hydrogen) atoms. The minimum Gasteiger partial charge on any atom is -0.486 e. The summed E-state index contributed by atoms with van der Waals surface area (Å²) in [6.07, 6.45) is 2.72. The number of rotatable bonds is 4. The minimum absolute atomic E-state index is 0.157. The Morgan fingerprint density at radius 3 is 3.06 bits per heavy atom. The summed E-state index contributed by atoms with van der Waals surface area (Å²) in [5, 5.41) is 0. The van der Waals surface area contributed by atoms with Gasteiger partial charge in [0.15, 0.2) is 0 Å². The summed E-state index contributed by atoms with van der Waals surface area (Å²) in [4.78, 5) is 6.12. The van der Waals surface area contributed by atoms with Gasteiger partial charge in [0, 0.05) is 25.2 Å². The summed E-state index contributed by atoms with van der Waals surface area (Å²) >= 11 is 0. The fourth-order valence-corrected chi connectivity index (χ4v) is 2.06. The Morgan fingerprint density at radius 2 is 2.33 bits per heavy atom. The van der Waals surface area contributed by atoms with E-state index >= 15 is 0 Å². The van der Waals surface area contributed by atoms with Gasteiger partial charge in [0.2, 0.25) is 0 Å². The van der Waals surface area contributed by atoms with E-state index in [1.165, 1.54) is 6.20 Å². The molecule has 0 aromatic carbocycles. The van der Waals surface area contributed by atoms with E-state index in [1.54, 1.807) is 12.3 Å². The van der Waals surface area contributed by atoms with Crippen LogP contribution in [0.2, 0.25) is 0 Å². The molecule has 1 aromatic heterocycles. The van der Waals surface area contributed by atoms with Gasteiger partial charge in [-0.25, -0.2) is 8.78 Å². The first-order valence-corrected chi connectivity index (χ1v) is 6.01. The number of piperidine rings is 1. The summed E-state index contributed by atoms with van der Waals surface area (Å²) in [5.41, 5.74) is 6.78. The number of anilines is 1. The number of hydrogen-bond donors (Lipinski definition) is 1. The first-order chi connectivity index (χ1) is 8.65. The lowest BCUT2D eigenvalue weighted by Crippen LogP contribution is -2.42. The highest BCUT2D eigenvalue weighted by atomic mass is 19.3. The van der Waals surface area contributed by atoms with Crippen LogP contribution in [0.15, 0.2) is 18.5 Å². The average molecular weight is 257 g/mol. The largest absolute Gasteiger partial charge is 0.486 e. The molecular formula is C12H17F2N3O. The number of aromatic nitrogens is 1. The molecule has 0 spiro atoms. The molecule has 0 aliphatic carbocycles. The fraction of sp³-hybridized carbons (Fsp3) is 0.583. The standard InChI is InChI=1S/C12H17F2N3O/c13-12(14)8-18-11-4-10(5-16-6-11)17-3-1-2-9(15)7-17/h4-6,9,12H,1-3,7-8,15H2. The first kappa shape index (κ1) is 13.0. The highest BCUT2D eigenvalue weighted by Crippen LogP contribution is 2.22. The van der Waals surface area contributed by atoms with E-state index < -0.39 is 13.0 Å². The van der Waals surface area contributed by atoms with E-state index in [0.717, 1.165) is 31.6 Å². The molecule has 1 atom stereocenters. The van der Waals surface area contributed by atoms with Crippen LogP contribution in [0, 0.1) is 0 Å². The number of hydrogen-bond acceptors (Lipinski definition) is 4. The summed E-state index contributed by atoms with van der Waals surface area (Å²) < 4.78 is 29.1. The quantitative estimate of drug-likeness (QED) is 0.891. The lowest BCUT2D eigenvalue weighted by atomic mass is 10.1. The molecule has 4 nitrogen and oxygen atoms in total. The Balaban J connectivity index is 2.02. The molecule has 1 aliphatic rings. The molecule has 2 N–H and O–H groups in total. The van der Waals surface area contributed by atoms with Crippen LogP contribution in [0.3, 0.4) is 0 Å². The third-order valence-corrected chi connectivity index (χ3v) is 2.90. The molecule has 1 unspecified atom stereocenters. The van der Waals surface area contributed by atoms with E-state index in [1.807, 2.05) is 0 Å². The Labute approximate surface area is 105 Å². The highest BCUT2D eigenvalue weighted by molar-refractivity contribution is 5.48. The monoisotopic (exact) mass is 257 g/mol. The van der Waals surface area contributed by atoms with Crippen molar-refractivity contribution in [1.29, 1.82) is 0 Å². The second-order valence-corrected chi connectivity index (χ2v) is 4.43. The van der Waals surface area contributed by atoms with Crippen LogP contribution >= 0.6 is 0 Å². The maximum absolute atomic E-state index is 12.1. The number of nitrogens with two attached hydrogens (primary N) is 1. The van der Waals surface area contributed by atoms with Crippen molar-refractivity contribution >= 4 is 5.69 Å². The normalized spacial score (nSPS) is 20.2. The number of halogens is 2. The van der Waals surface area contributed by atoms with Crippen LogP contribution in [-0.4, -0.2) is 37.1 Å². The lowest BCUT2D eigenvalue weighted by Gasteiger charge is -2.32. The Bertz CT molecular complexity index is 389. The lowest BCUT2D eigenvalue weighted by molar-refractivity contribution is 0.0817. The molecule has 0 bridgehead atoms. The summed E-state index contributed by atoms with van der Waals surface area (Å²) in [7, 11) is 0. The van der Waals surface area contributed by atoms with Gasteiger partial charge in [-0.1, -0.05) is 0 Å². The van der Waals surface area contributed by atoms with E-state index in [4.69, 9.17) is 10.5 Å². The zero-order valence-corrected chi connectivity index (χ0v) is 10.1. The molecule has 1 aromatic rings. The van der Waals surface area contributed by atoms with Gasteiger partial charge >= 0.3 is 0 Å². The molecule has 1 fully saturated rings. The predicted molar refractivity (Wildman–Crippen MR) is 65.2 cm³/mol. The maximum Gasteiger partial charge on any atom is 0.272 e. The van der Waals surface area contributed by atoms with Gasteiger partial charge in [0.05, 0.1) is 18.1 Å². The highest BCUT2D eigenvalue weighted by Gasteiger charge is 2.17. The molecule has 2 rings (SSSR count). The Morgan fingerprint density at radius 1 is 1.50 bits per heavy atom. The van der Waals surface area contributed by atoms with Gasteiger partial charge in [-0.05, 0) is 12.8 Å². The number of nitrogens with zero attached hydrogens (tertiary/aromatic N) is 2. The molecule has 100 valence electrons. The van der Waals surface area contributed by atoms with Crippen molar-refractivity contribution in [2.45, 2.75) is 25.3 Å². The van der Waals surface area contributed by atoms with Gasteiger partial charge in [0.1, 0.15) is 12.4 Å². The Hall–Kier alpha value is -1.43. The van der Waals surface area contributed by atoms with Crippen molar-refractivity contribution in [3.05, 3.63) is 18.5 Å². The fourth-order valence-electron chi connectivity index (χ4n) is 2.06. The van der Waals surface area contributed by atoms with Gasteiger partial charge in [-0.15, -0.1) is 0 Å². The molecule has 1 aliphatic heterocycles. The van der Waals surface area contributed by atoms with Crippen molar-refractivity contribution in [2.24, 2.45) is 5.73 Å². The zero-order valence-electron chi connectivity index (χ0n) is 10.1. The smallest absolute Gasteiger partial charge is 0.272 e. The van der Waals surface area contributed by atoms with E-state index in [0.29, 0.717) is 5.75 Å². The number of ether oxygens (including phenoxy) is 1. The summed E-state index contributed by atoms with van der Waals surface area (Å²) in [6.45, 7) is 1.07. The number of pyridine rings is 1. The molecule has 0 amide bonds. The predicted octanol–water partition coefficient (Wildman–Crippen LogP) is 1.65. The molecule has 6 heteroatoms. The zero-order chi connectivity index (χ0) is 13.0. The van der Waals surface area contributed by atoms with Gasteiger partial charge in [0.25, 0.3) is 6.43 Å². The molecule has 1 saturated heterocycles. The van der Waals surface area contributed by atoms with Crippen LogP contribution in [0.1, 0.15) is 12.8 Å². The van der Waals surface area contributed by atoms with Crippen LogP contribution in [0.25, 0.3) is 0 Å². The molecule has 2 heterocycles. The van der Waals surface area contributed by atoms with Crippen molar-refractivity contribution in [2.75, 3.05) is 24.6 Å². The van der Waals surface area contributed by atoms with E-state index in [-0.39, 0.29) is 6.04 Å². The first-order valence-electron chi connectivity index (χ1n) is 6.01. The van der Waals surface area contributed by atoms with Crippen LogP contribution in [0.5, 0.6) is 5.75 Å². The maximum atomic E-state index is 12.1. The molecular weight excluding hydrogens is 240 g/mol. The van der Waals surface area contributed by atoms with Crippen molar-refractivity contribution in [3.8, 4) is 5.75 Å². The van der Waals surface area contributed by atoms with E-state index in [9.17, 15) is 8.78 Å². The number of alkyl halides is 2. The second kappa shape index (κ2) is 5.95. The third-order valence-electron chi connectivity index (χ3n) is 2.90. The summed E-state index contributed by atoms with van der Waals surface area (Å²) in [5.74, 6) is 0.368. The topological polar surface area (TPSA) is 51.4 Å². The van der Waals surface area contributed by atoms with E-state index in [2.05, 4.69) is 9.88 Å². The average Bonchev–Trinajstić information content (AvgIpc) is 2.37. The summed E-state index contributed by atoms with van der Waals surface area (Å²) in [6, 6.07) is 1.89. The van der Waals surface area contributed by atoms with Crippen molar-refractivity contribution in [1.82, 2.24) is 4.98 Å². The van der Waals surface area contributed by atoms with Gasteiger partial charge in [-0.2, -0.15) is 0 Å². The third kappa shape index (κ3) is 3.53. The van der Waals surface area contributed by atoms with Gasteiger partial charge in [-0.3, -0.25) is 4.98 Å². The SMILES string of the molecule is NC1CCCN(c2cncc(OCC(F)F)c2)C1. The van der Waals surface area contributed by atoms with Crippen LogP contribution in [0.4, 0.5) is 14.5 Å². The van der Waals surface area contributed by atoms with Crippen LogP contribution < -0.4 is 15.4 Å². The Kier molecular flexibility index (Phi) is 4.30.